The first-order valence-electron chi connectivity index (χ1n) is 9.32. The van der Waals surface area contributed by atoms with Gasteiger partial charge in [-0.3, -0.25) is 9.78 Å². The van der Waals surface area contributed by atoms with Crippen molar-refractivity contribution in [1.29, 1.82) is 0 Å². The first-order chi connectivity index (χ1) is 11.4. The van der Waals surface area contributed by atoms with E-state index in [9.17, 15) is 4.79 Å². The molecule has 1 heterocycles. The smallest absolute Gasteiger partial charge is 0.258 e. The largest absolute Gasteiger partial charge is 0.483 e. The van der Waals surface area contributed by atoms with Crippen LogP contribution in [0.25, 0.3) is 0 Å². The molecule has 0 aliphatic heterocycles. The lowest BCUT2D eigenvalue weighted by molar-refractivity contribution is -0.124. The van der Waals surface area contributed by atoms with E-state index in [-0.39, 0.29) is 18.6 Å². The molecule has 2 atom stereocenters. The van der Waals surface area contributed by atoms with Gasteiger partial charge in [0, 0.05) is 23.5 Å². The van der Waals surface area contributed by atoms with Gasteiger partial charge in [0.1, 0.15) is 5.75 Å². The van der Waals surface area contributed by atoms with Gasteiger partial charge in [-0.1, -0.05) is 20.8 Å². The van der Waals surface area contributed by atoms with Crippen LogP contribution in [0.4, 0.5) is 0 Å². The number of amides is 1. The van der Waals surface area contributed by atoms with Gasteiger partial charge in [-0.2, -0.15) is 0 Å². The fourth-order valence-corrected chi connectivity index (χ4v) is 4.60. The van der Waals surface area contributed by atoms with E-state index in [1.165, 1.54) is 24.8 Å². The number of ether oxygens (including phenoxy) is 1. The Hall–Kier alpha value is -1.58. The van der Waals surface area contributed by atoms with E-state index in [0.717, 1.165) is 37.1 Å². The van der Waals surface area contributed by atoms with Crippen LogP contribution < -0.4 is 10.1 Å². The van der Waals surface area contributed by atoms with Crippen molar-refractivity contribution < 1.29 is 9.53 Å². The Morgan fingerprint density at radius 1 is 1.33 bits per heavy atom. The summed E-state index contributed by atoms with van der Waals surface area (Å²) in [4.78, 5) is 16.8. The van der Waals surface area contributed by atoms with Crippen molar-refractivity contribution in [2.24, 2.45) is 11.3 Å². The summed E-state index contributed by atoms with van der Waals surface area (Å²) in [6, 6.07) is 2.16. The maximum Gasteiger partial charge on any atom is 0.258 e. The third kappa shape index (κ3) is 4.28. The zero-order valence-electron chi connectivity index (χ0n) is 15.2. The zero-order chi connectivity index (χ0) is 17.2. The monoisotopic (exact) mass is 330 g/mol. The van der Waals surface area contributed by atoms with Crippen molar-refractivity contribution in [3.05, 3.63) is 23.5 Å². The second kappa shape index (κ2) is 7.12. The number of aryl methyl sites for hydroxylation is 1. The fraction of sp³-hybridized carbons (Fsp3) is 0.700. The van der Waals surface area contributed by atoms with Gasteiger partial charge in [-0.15, -0.1) is 0 Å². The van der Waals surface area contributed by atoms with Gasteiger partial charge in [0.05, 0.1) is 0 Å². The van der Waals surface area contributed by atoms with E-state index < -0.39 is 0 Å². The molecule has 0 spiro atoms. The minimum atomic E-state index is -0.00808. The van der Waals surface area contributed by atoms with Crippen LogP contribution in [-0.4, -0.2) is 23.5 Å². The summed E-state index contributed by atoms with van der Waals surface area (Å²) in [6.45, 7) is 6.96. The first kappa shape index (κ1) is 17.2. The summed E-state index contributed by atoms with van der Waals surface area (Å²) in [6.07, 6.45) is 9.55. The summed E-state index contributed by atoms with van der Waals surface area (Å²) < 4.78 is 5.83. The highest BCUT2D eigenvalue weighted by atomic mass is 16.5. The lowest BCUT2D eigenvalue weighted by atomic mass is 9.70. The Bertz CT molecular complexity index is 597. The highest BCUT2D eigenvalue weighted by Crippen LogP contribution is 2.38. The number of aromatic nitrogens is 1. The van der Waals surface area contributed by atoms with Gasteiger partial charge in [0.15, 0.2) is 6.61 Å². The van der Waals surface area contributed by atoms with Gasteiger partial charge in [0.25, 0.3) is 5.91 Å². The summed E-state index contributed by atoms with van der Waals surface area (Å²) in [5.74, 6) is 1.49. The Morgan fingerprint density at radius 3 is 2.92 bits per heavy atom. The summed E-state index contributed by atoms with van der Waals surface area (Å²) in [5.41, 5.74) is 2.65. The molecule has 1 N–H and O–H groups in total. The quantitative estimate of drug-likeness (QED) is 0.916. The van der Waals surface area contributed by atoms with Gasteiger partial charge in [0.2, 0.25) is 0 Å². The van der Waals surface area contributed by atoms with Crippen molar-refractivity contribution in [3.8, 4) is 5.75 Å². The van der Waals surface area contributed by atoms with E-state index in [2.05, 4.69) is 31.1 Å². The molecule has 1 aromatic rings. The molecule has 2 aliphatic carbocycles. The van der Waals surface area contributed by atoms with Crippen LogP contribution in [0.3, 0.4) is 0 Å². The van der Waals surface area contributed by atoms with Crippen molar-refractivity contribution in [1.82, 2.24) is 10.3 Å². The van der Waals surface area contributed by atoms with Crippen molar-refractivity contribution in [3.63, 3.8) is 0 Å². The SMILES string of the molecule is CC1CC(NC(=O)COc2ccnc3c2CCCC3)CC(C)(C)C1. The second-order valence-corrected chi connectivity index (χ2v) is 8.41. The molecule has 3 rings (SSSR count). The number of nitrogens with one attached hydrogen (secondary N) is 1. The third-order valence-corrected chi connectivity index (χ3v) is 5.30. The molecule has 0 saturated heterocycles. The number of rotatable bonds is 4. The van der Waals surface area contributed by atoms with E-state index in [1.54, 1.807) is 6.20 Å². The van der Waals surface area contributed by atoms with Gasteiger partial charge >= 0.3 is 0 Å². The van der Waals surface area contributed by atoms with Crippen molar-refractivity contribution in [2.45, 2.75) is 71.8 Å². The minimum absolute atomic E-state index is 0.00808. The molecule has 1 saturated carbocycles. The second-order valence-electron chi connectivity index (χ2n) is 8.41. The van der Waals surface area contributed by atoms with Crippen LogP contribution in [0, 0.1) is 11.3 Å². The van der Waals surface area contributed by atoms with Crippen LogP contribution in [0.15, 0.2) is 12.3 Å². The molecule has 4 heteroatoms. The van der Waals surface area contributed by atoms with Gasteiger partial charge in [-0.05, 0) is 62.3 Å². The predicted molar refractivity (Wildman–Crippen MR) is 95.1 cm³/mol. The zero-order valence-corrected chi connectivity index (χ0v) is 15.2. The molecule has 132 valence electrons. The number of carbonyl (C=O) groups excluding carboxylic acids is 1. The highest BCUT2D eigenvalue weighted by molar-refractivity contribution is 5.77. The predicted octanol–water partition coefficient (Wildman–Crippen LogP) is 3.67. The van der Waals surface area contributed by atoms with Gasteiger partial charge < -0.3 is 10.1 Å². The molecule has 1 aromatic heterocycles. The molecular weight excluding hydrogens is 300 g/mol. The fourth-order valence-electron chi connectivity index (χ4n) is 4.60. The number of hydrogen-bond acceptors (Lipinski definition) is 3. The standard InChI is InChI=1S/C20H30N2O2/c1-14-10-15(12-20(2,3)11-14)22-19(23)13-24-18-8-9-21-17-7-5-4-6-16(17)18/h8-9,14-15H,4-7,10-13H2,1-3H3,(H,22,23). The lowest BCUT2D eigenvalue weighted by Crippen LogP contribution is -2.44. The molecular formula is C20H30N2O2. The molecule has 2 aliphatic rings. The molecule has 0 radical (unpaired) electrons. The Labute approximate surface area is 145 Å². The van der Waals surface area contributed by atoms with Crippen LogP contribution in [-0.2, 0) is 17.6 Å². The lowest BCUT2D eigenvalue weighted by Gasteiger charge is -2.39. The molecule has 4 nitrogen and oxygen atoms in total. The Kier molecular flexibility index (Phi) is 5.12. The van der Waals surface area contributed by atoms with Crippen LogP contribution in [0.2, 0.25) is 0 Å². The Morgan fingerprint density at radius 2 is 2.12 bits per heavy atom. The summed E-state index contributed by atoms with van der Waals surface area (Å²) >= 11 is 0. The van der Waals surface area contributed by atoms with E-state index in [1.807, 2.05) is 6.07 Å². The van der Waals surface area contributed by atoms with Crippen molar-refractivity contribution in [2.75, 3.05) is 6.61 Å². The number of carbonyl (C=O) groups is 1. The molecule has 1 fully saturated rings. The van der Waals surface area contributed by atoms with E-state index >= 15 is 0 Å². The molecule has 24 heavy (non-hydrogen) atoms. The summed E-state index contributed by atoms with van der Waals surface area (Å²) in [5, 5.41) is 3.18. The number of pyridine rings is 1. The third-order valence-electron chi connectivity index (χ3n) is 5.30. The van der Waals surface area contributed by atoms with Crippen LogP contribution in [0.5, 0.6) is 5.75 Å². The van der Waals surface area contributed by atoms with Crippen molar-refractivity contribution >= 4 is 5.91 Å². The van der Waals surface area contributed by atoms with E-state index in [0.29, 0.717) is 11.3 Å². The average Bonchev–Trinajstić information content (AvgIpc) is 2.50. The molecule has 0 bridgehead atoms. The molecule has 2 unspecified atom stereocenters. The number of nitrogens with zero attached hydrogens (tertiary/aromatic N) is 1. The first-order valence-corrected chi connectivity index (χ1v) is 9.32. The minimum Gasteiger partial charge on any atom is -0.483 e. The maximum atomic E-state index is 12.3. The van der Waals surface area contributed by atoms with Crippen LogP contribution in [0.1, 0.15) is 64.1 Å². The highest BCUT2D eigenvalue weighted by Gasteiger charge is 2.32. The topological polar surface area (TPSA) is 51.2 Å². The average molecular weight is 330 g/mol. The van der Waals surface area contributed by atoms with Gasteiger partial charge in [-0.25, -0.2) is 0 Å². The molecule has 0 aromatic carbocycles. The maximum absolute atomic E-state index is 12.3. The Balaban J connectivity index is 1.55. The van der Waals surface area contributed by atoms with Crippen LogP contribution >= 0.6 is 0 Å². The number of hydrogen-bond donors (Lipinski definition) is 1. The summed E-state index contributed by atoms with van der Waals surface area (Å²) in [7, 11) is 0. The normalized spacial score (nSPS) is 25.6. The molecule has 1 amide bonds. The number of fused-ring (bicyclic) bond motifs is 1. The van der Waals surface area contributed by atoms with E-state index in [4.69, 9.17) is 4.74 Å².